The van der Waals surface area contributed by atoms with Gasteiger partial charge in [0.1, 0.15) is 5.54 Å². The van der Waals surface area contributed by atoms with Crippen LogP contribution < -0.4 is 0 Å². The van der Waals surface area contributed by atoms with Gasteiger partial charge in [0, 0.05) is 19.6 Å². The highest BCUT2D eigenvalue weighted by molar-refractivity contribution is 5.87. The molecule has 1 N–H and O–H groups in total. The van der Waals surface area contributed by atoms with Crippen LogP contribution in [0.25, 0.3) is 0 Å². The van der Waals surface area contributed by atoms with E-state index in [1.165, 1.54) is 4.90 Å². The van der Waals surface area contributed by atoms with E-state index in [0.29, 0.717) is 25.8 Å². The maximum absolute atomic E-state index is 12.1. The molecule has 0 saturated carbocycles. The predicted octanol–water partition coefficient (Wildman–Crippen LogP) is 1.41. The van der Waals surface area contributed by atoms with Gasteiger partial charge in [-0.25, -0.2) is 4.79 Å². The molecule has 5 heteroatoms. The van der Waals surface area contributed by atoms with Crippen molar-refractivity contribution < 1.29 is 19.4 Å². The number of hydrogen-bond acceptors (Lipinski definition) is 3. The summed E-state index contributed by atoms with van der Waals surface area (Å²) in [5.41, 5.74) is -1.01. The van der Waals surface area contributed by atoms with Crippen LogP contribution >= 0.6 is 0 Å². The second-order valence-corrected chi connectivity index (χ2v) is 5.40. The third-order valence-electron chi connectivity index (χ3n) is 4.11. The quantitative estimate of drug-likeness (QED) is 0.824. The van der Waals surface area contributed by atoms with Gasteiger partial charge in [0.15, 0.2) is 0 Å². The first-order chi connectivity index (χ1) is 8.54. The first kappa shape index (κ1) is 13.3. The highest BCUT2D eigenvalue weighted by Crippen LogP contribution is 2.30. The number of carboxylic acids is 1. The lowest BCUT2D eigenvalue weighted by Crippen LogP contribution is -2.50. The zero-order chi connectivity index (χ0) is 13.2. The molecule has 0 aromatic rings. The number of carboxylic acid groups (broad SMARTS) is 1. The molecule has 0 bridgehead atoms. The molecule has 2 saturated heterocycles. The summed E-state index contributed by atoms with van der Waals surface area (Å²) < 4.78 is 5.48. The van der Waals surface area contributed by atoms with Gasteiger partial charge >= 0.3 is 5.97 Å². The van der Waals surface area contributed by atoms with Gasteiger partial charge in [0.05, 0.1) is 6.10 Å². The summed E-state index contributed by atoms with van der Waals surface area (Å²) in [6.45, 7) is 2.99. The van der Waals surface area contributed by atoms with Crippen molar-refractivity contribution >= 4 is 11.9 Å². The van der Waals surface area contributed by atoms with E-state index < -0.39 is 11.5 Å². The van der Waals surface area contributed by atoms with E-state index in [-0.39, 0.29) is 12.0 Å². The van der Waals surface area contributed by atoms with E-state index in [0.717, 1.165) is 25.9 Å². The monoisotopic (exact) mass is 255 g/mol. The maximum atomic E-state index is 12.1. The summed E-state index contributed by atoms with van der Waals surface area (Å²) in [6.07, 6.45) is 4.70. The molecule has 2 aliphatic heterocycles. The molecule has 2 aliphatic rings. The summed E-state index contributed by atoms with van der Waals surface area (Å²) in [4.78, 5) is 24.9. The molecule has 2 unspecified atom stereocenters. The van der Waals surface area contributed by atoms with Gasteiger partial charge in [0.25, 0.3) is 0 Å². The molecule has 2 fully saturated rings. The van der Waals surface area contributed by atoms with Crippen LogP contribution in [0.2, 0.25) is 0 Å². The van der Waals surface area contributed by atoms with E-state index in [1.54, 1.807) is 6.92 Å². The Morgan fingerprint density at radius 1 is 1.44 bits per heavy atom. The van der Waals surface area contributed by atoms with Crippen molar-refractivity contribution in [2.75, 3.05) is 13.2 Å². The average Bonchev–Trinajstić information content (AvgIpc) is 2.95. The third-order valence-corrected chi connectivity index (χ3v) is 4.11. The Balaban J connectivity index is 1.89. The molecule has 18 heavy (non-hydrogen) atoms. The Bertz CT molecular complexity index is 338. The summed E-state index contributed by atoms with van der Waals surface area (Å²) in [6, 6.07) is 0. The topological polar surface area (TPSA) is 66.8 Å². The van der Waals surface area contributed by atoms with Crippen LogP contribution in [0.3, 0.4) is 0 Å². The number of likely N-dealkylation sites (tertiary alicyclic amines) is 1. The Morgan fingerprint density at radius 2 is 2.22 bits per heavy atom. The van der Waals surface area contributed by atoms with Gasteiger partial charge in [0.2, 0.25) is 5.91 Å². The van der Waals surface area contributed by atoms with Crippen LogP contribution in [-0.2, 0) is 14.3 Å². The Hall–Kier alpha value is -1.10. The van der Waals surface area contributed by atoms with Crippen molar-refractivity contribution in [2.24, 2.45) is 0 Å². The molecular formula is C13H21NO4. The molecule has 2 atom stereocenters. The number of rotatable bonds is 4. The lowest BCUT2D eigenvalue weighted by molar-refractivity contribution is -0.155. The van der Waals surface area contributed by atoms with Crippen LogP contribution in [-0.4, -0.2) is 46.7 Å². The second kappa shape index (κ2) is 5.26. The number of ether oxygens (including phenoxy) is 1. The molecule has 0 spiro atoms. The number of carbonyl (C=O) groups is 2. The van der Waals surface area contributed by atoms with Crippen molar-refractivity contribution in [1.82, 2.24) is 4.90 Å². The summed E-state index contributed by atoms with van der Waals surface area (Å²) in [7, 11) is 0. The molecule has 0 radical (unpaired) electrons. The van der Waals surface area contributed by atoms with Gasteiger partial charge in [-0.2, -0.15) is 0 Å². The largest absolute Gasteiger partial charge is 0.480 e. The number of amides is 1. The van der Waals surface area contributed by atoms with Gasteiger partial charge < -0.3 is 14.7 Å². The molecule has 2 heterocycles. The lowest BCUT2D eigenvalue weighted by atomic mass is 9.98. The number of aliphatic carboxylic acids is 1. The van der Waals surface area contributed by atoms with E-state index in [9.17, 15) is 14.7 Å². The van der Waals surface area contributed by atoms with Crippen LogP contribution in [0.5, 0.6) is 0 Å². The molecule has 0 aromatic carbocycles. The Labute approximate surface area is 107 Å². The highest BCUT2D eigenvalue weighted by atomic mass is 16.5. The minimum atomic E-state index is -1.01. The normalized spacial score (nSPS) is 31.8. The minimum absolute atomic E-state index is 0.0482. The minimum Gasteiger partial charge on any atom is -0.480 e. The zero-order valence-corrected chi connectivity index (χ0v) is 10.9. The van der Waals surface area contributed by atoms with E-state index in [2.05, 4.69) is 0 Å². The van der Waals surface area contributed by atoms with Crippen molar-refractivity contribution in [1.29, 1.82) is 0 Å². The molecule has 5 nitrogen and oxygen atoms in total. The first-order valence-electron chi connectivity index (χ1n) is 6.69. The van der Waals surface area contributed by atoms with E-state index in [4.69, 9.17) is 4.74 Å². The van der Waals surface area contributed by atoms with Gasteiger partial charge in [-0.3, -0.25) is 4.79 Å². The first-order valence-corrected chi connectivity index (χ1v) is 6.69. The highest BCUT2D eigenvalue weighted by Gasteiger charge is 2.45. The van der Waals surface area contributed by atoms with E-state index >= 15 is 0 Å². The summed E-state index contributed by atoms with van der Waals surface area (Å²) in [5, 5.41) is 9.25. The summed E-state index contributed by atoms with van der Waals surface area (Å²) >= 11 is 0. The number of carbonyl (C=O) groups excluding carboxylic acids is 1. The number of hydrogen-bond donors (Lipinski definition) is 1. The lowest BCUT2D eigenvalue weighted by Gasteiger charge is -2.31. The van der Waals surface area contributed by atoms with Crippen LogP contribution in [0.4, 0.5) is 0 Å². The maximum Gasteiger partial charge on any atom is 0.329 e. The molecule has 2 rings (SSSR count). The smallest absolute Gasteiger partial charge is 0.329 e. The summed E-state index contributed by atoms with van der Waals surface area (Å²) in [5.74, 6) is -0.946. The molecule has 0 aliphatic carbocycles. The van der Waals surface area contributed by atoms with Crippen molar-refractivity contribution in [3.63, 3.8) is 0 Å². The molecule has 1 amide bonds. The fraction of sp³-hybridized carbons (Fsp3) is 0.846. The zero-order valence-electron chi connectivity index (χ0n) is 10.9. The van der Waals surface area contributed by atoms with Crippen LogP contribution in [0.1, 0.15) is 45.4 Å². The Morgan fingerprint density at radius 3 is 2.83 bits per heavy atom. The van der Waals surface area contributed by atoms with Gasteiger partial charge in [-0.1, -0.05) is 0 Å². The predicted molar refractivity (Wildman–Crippen MR) is 65.2 cm³/mol. The third kappa shape index (κ3) is 2.51. The number of nitrogens with zero attached hydrogens (tertiary/aromatic N) is 1. The van der Waals surface area contributed by atoms with Crippen LogP contribution in [0.15, 0.2) is 0 Å². The fourth-order valence-electron chi connectivity index (χ4n) is 2.88. The Kier molecular flexibility index (Phi) is 3.90. The molecular weight excluding hydrogens is 234 g/mol. The average molecular weight is 255 g/mol. The van der Waals surface area contributed by atoms with Crippen molar-refractivity contribution in [3.8, 4) is 0 Å². The van der Waals surface area contributed by atoms with Crippen molar-refractivity contribution in [3.05, 3.63) is 0 Å². The molecule has 102 valence electrons. The van der Waals surface area contributed by atoms with E-state index in [1.807, 2.05) is 0 Å². The standard InChI is InChI=1S/C13H21NO4/c1-13(12(16)17)7-3-8-14(13)11(15)6-5-10-4-2-9-18-10/h10H,2-9H2,1H3,(H,16,17). The SMILES string of the molecule is CC1(C(=O)O)CCCN1C(=O)CCC1CCCO1. The second-order valence-electron chi connectivity index (χ2n) is 5.40. The van der Waals surface area contributed by atoms with Gasteiger partial charge in [-0.05, 0) is 39.0 Å². The molecule has 0 aromatic heterocycles. The van der Waals surface area contributed by atoms with Crippen molar-refractivity contribution in [2.45, 2.75) is 57.1 Å². The van der Waals surface area contributed by atoms with Crippen LogP contribution in [0, 0.1) is 0 Å². The van der Waals surface area contributed by atoms with Gasteiger partial charge in [-0.15, -0.1) is 0 Å². The fourth-order valence-corrected chi connectivity index (χ4v) is 2.88.